The van der Waals surface area contributed by atoms with Crippen molar-refractivity contribution < 1.29 is 14.3 Å². The van der Waals surface area contributed by atoms with E-state index in [1.54, 1.807) is 0 Å². The van der Waals surface area contributed by atoms with E-state index < -0.39 is 12.1 Å². The summed E-state index contributed by atoms with van der Waals surface area (Å²) in [6.07, 6.45) is -1.73. The molecule has 0 rings (SSSR count). The van der Waals surface area contributed by atoms with Crippen LogP contribution < -0.4 is 0 Å². The maximum Gasteiger partial charge on any atom is 0.337 e. The van der Waals surface area contributed by atoms with E-state index in [1.165, 1.54) is 0 Å². The van der Waals surface area contributed by atoms with Gasteiger partial charge in [0.15, 0.2) is 6.17 Å². The van der Waals surface area contributed by atoms with Gasteiger partial charge in [-0.25, -0.2) is 9.18 Å². The van der Waals surface area contributed by atoms with Crippen LogP contribution in [-0.4, -0.2) is 43.1 Å². The molecule has 0 amide bonds. The number of hydrogen-bond donors (Lipinski definition) is 1. The first-order valence-electron chi connectivity index (χ1n) is 1.51. The van der Waals surface area contributed by atoms with Crippen molar-refractivity contribution in [1.29, 1.82) is 0 Å². The number of carbonyl (C=O) groups is 1. The molecule has 1 unspecified atom stereocenters. The van der Waals surface area contributed by atoms with Gasteiger partial charge in [0.05, 0.1) is 0 Å². The molecular formula is C3H5FInO2. The first kappa shape index (κ1) is 10.3. The minimum atomic E-state index is -1.73. The molecule has 0 aliphatic carbocycles. The molecule has 0 fully saturated rings. The Hall–Kier alpha value is 0.270. The third-order valence-corrected chi connectivity index (χ3v) is 0.340. The van der Waals surface area contributed by atoms with E-state index in [0.29, 0.717) is 0 Å². The summed E-state index contributed by atoms with van der Waals surface area (Å²) in [6.45, 7) is 0.975. The first-order valence-corrected chi connectivity index (χ1v) is 1.51. The van der Waals surface area contributed by atoms with Gasteiger partial charge in [-0.3, -0.25) is 0 Å². The average molecular weight is 207 g/mol. The van der Waals surface area contributed by atoms with Crippen LogP contribution in [0.4, 0.5) is 4.39 Å². The number of hydrogen-bond acceptors (Lipinski definition) is 1. The fourth-order valence-electron chi connectivity index (χ4n) is 0. The molecule has 2 nitrogen and oxygen atoms in total. The van der Waals surface area contributed by atoms with Crippen molar-refractivity contribution in [3.63, 3.8) is 0 Å². The van der Waals surface area contributed by atoms with Crippen LogP contribution in [0.25, 0.3) is 0 Å². The average Bonchev–Trinajstić information content (AvgIpc) is 1.36. The molecule has 0 aliphatic heterocycles. The van der Waals surface area contributed by atoms with Crippen molar-refractivity contribution in [2.75, 3.05) is 0 Å². The fourth-order valence-corrected chi connectivity index (χ4v) is 0. The van der Waals surface area contributed by atoms with Crippen LogP contribution >= 0.6 is 0 Å². The Bertz CT molecular complexity index is 64.0. The molecule has 0 bridgehead atoms. The molecule has 1 N–H and O–H groups in total. The van der Waals surface area contributed by atoms with Crippen molar-refractivity contribution in [3.8, 4) is 0 Å². The fraction of sp³-hybridized carbons (Fsp3) is 0.667. The Morgan fingerprint density at radius 3 is 2.00 bits per heavy atom. The second kappa shape index (κ2) is 4.43. The normalized spacial score (nSPS) is 11.7. The molecule has 0 aromatic rings. The molecule has 0 heterocycles. The van der Waals surface area contributed by atoms with Gasteiger partial charge in [0, 0.05) is 25.8 Å². The monoisotopic (exact) mass is 207 g/mol. The summed E-state index contributed by atoms with van der Waals surface area (Å²) >= 11 is 0. The predicted molar refractivity (Wildman–Crippen MR) is 24.0 cm³/mol. The molecule has 4 heteroatoms. The van der Waals surface area contributed by atoms with Crippen LogP contribution in [0, 0.1) is 0 Å². The Morgan fingerprint density at radius 2 is 2.00 bits per heavy atom. The number of halogens is 1. The third kappa shape index (κ3) is 6.27. The number of carboxylic acids is 1. The number of rotatable bonds is 1. The minimum Gasteiger partial charge on any atom is -0.479 e. The zero-order chi connectivity index (χ0) is 5.15. The largest absolute Gasteiger partial charge is 0.479 e. The Balaban J connectivity index is 0. The minimum absolute atomic E-state index is 0. The first-order chi connectivity index (χ1) is 2.64. The number of alkyl halides is 1. The Morgan fingerprint density at radius 1 is 1.86 bits per heavy atom. The Labute approximate surface area is 59.5 Å². The number of aliphatic carboxylic acids is 1. The summed E-state index contributed by atoms with van der Waals surface area (Å²) in [5.41, 5.74) is 0. The van der Waals surface area contributed by atoms with Gasteiger partial charge in [-0.05, 0) is 6.92 Å². The van der Waals surface area contributed by atoms with E-state index in [-0.39, 0.29) is 25.8 Å². The van der Waals surface area contributed by atoms with E-state index >= 15 is 0 Å². The van der Waals surface area contributed by atoms with Gasteiger partial charge in [-0.1, -0.05) is 0 Å². The van der Waals surface area contributed by atoms with Crippen molar-refractivity contribution in [3.05, 3.63) is 0 Å². The van der Waals surface area contributed by atoms with Crippen molar-refractivity contribution in [2.24, 2.45) is 0 Å². The predicted octanol–water partition coefficient (Wildman–Crippen LogP) is 0.0482. The van der Waals surface area contributed by atoms with Crippen LogP contribution in [0.2, 0.25) is 0 Å². The van der Waals surface area contributed by atoms with Gasteiger partial charge in [0.2, 0.25) is 0 Å². The summed E-state index contributed by atoms with van der Waals surface area (Å²) in [5, 5.41) is 7.62. The van der Waals surface area contributed by atoms with Gasteiger partial charge in [-0.2, -0.15) is 0 Å². The molecule has 3 radical (unpaired) electrons. The molecule has 0 aliphatic rings. The van der Waals surface area contributed by atoms with Gasteiger partial charge in [0.25, 0.3) is 0 Å². The molecule has 0 aromatic heterocycles. The molecule has 1 atom stereocenters. The van der Waals surface area contributed by atoms with Gasteiger partial charge < -0.3 is 5.11 Å². The second-order valence-corrected chi connectivity index (χ2v) is 0.954. The molecule has 0 spiro atoms. The SMILES string of the molecule is CC(F)C(=O)O.[In]. The zero-order valence-corrected chi connectivity index (χ0v) is 7.18. The van der Waals surface area contributed by atoms with E-state index in [9.17, 15) is 9.18 Å². The standard InChI is InChI=1S/C3H5FO2.In/c1-2(4)3(5)6;/h2H,1H3,(H,5,6);. The quantitative estimate of drug-likeness (QED) is 0.659. The second-order valence-electron chi connectivity index (χ2n) is 0.954. The van der Waals surface area contributed by atoms with Crippen molar-refractivity contribution >= 4 is 31.8 Å². The van der Waals surface area contributed by atoms with E-state index in [1.807, 2.05) is 0 Å². The zero-order valence-electron chi connectivity index (χ0n) is 3.89. The summed E-state index contributed by atoms with van der Waals surface area (Å²) < 4.78 is 11.2. The van der Waals surface area contributed by atoms with Crippen LogP contribution in [0.15, 0.2) is 0 Å². The summed E-state index contributed by atoms with van der Waals surface area (Å²) in [6, 6.07) is 0. The molecule has 0 saturated heterocycles. The smallest absolute Gasteiger partial charge is 0.337 e. The van der Waals surface area contributed by atoms with Crippen molar-refractivity contribution in [1.82, 2.24) is 0 Å². The van der Waals surface area contributed by atoms with Crippen LogP contribution in [0.3, 0.4) is 0 Å². The van der Waals surface area contributed by atoms with Gasteiger partial charge in [0.1, 0.15) is 0 Å². The van der Waals surface area contributed by atoms with Gasteiger partial charge >= 0.3 is 5.97 Å². The van der Waals surface area contributed by atoms with Crippen LogP contribution in [0.5, 0.6) is 0 Å². The molecule has 7 heavy (non-hydrogen) atoms. The van der Waals surface area contributed by atoms with Crippen LogP contribution in [0.1, 0.15) is 6.92 Å². The van der Waals surface area contributed by atoms with Crippen LogP contribution in [-0.2, 0) is 4.79 Å². The Kier molecular flexibility index (Phi) is 6.51. The maximum atomic E-state index is 11.2. The third-order valence-electron chi connectivity index (χ3n) is 0.340. The topological polar surface area (TPSA) is 37.3 Å². The maximum absolute atomic E-state index is 11.2. The van der Waals surface area contributed by atoms with E-state index in [0.717, 1.165) is 6.92 Å². The number of carboxylic acid groups (broad SMARTS) is 1. The summed E-state index contributed by atoms with van der Waals surface area (Å²) in [4.78, 5) is 9.32. The molecular weight excluding hydrogens is 202 g/mol. The van der Waals surface area contributed by atoms with E-state index in [4.69, 9.17) is 5.11 Å². The van der Waals surface area contributed by atoms with E-state index in [2.05, 4.69) is 0 Å². The summed E-state index contributed by atoms with van der Waals surface area (Å²) in [5.74, 6) is -1.41. The summed E-state index contributed by atoms with van der Waals surface area (Å²) in [7, 11) is 0. The molecule has 0 aromatic carbocycles. The van der Waals surface area contributed by atoms with Crippen molar-refractivity contribution in [2.45, 2.75) is 13.1 Å². The molecule has 0 saturated carbocycles. The molecule has 39 valence electrons. The van der Waals surface area contributed by atoms with Gasteiger partial charge in [-0.15, -0.1) is 0 Å².